The fourth-order valence-electron chi connectivity index (χ4n) is 3.95. The Balaban J connectivity index is 1.67. The fourth-order valence-corrected chi connectivity index (χ4v) is 3.95. The molecule has 0 aromatic heterocycles. The lowest BCUT2D eigenvalue weighted by Gasteiger charge is -2.28. The van der Waals surface area contributed by atoms with Gasteiger partial charge in [0.1, 0.15) is 5.75 Å². The lowest BCUT2D eigenvalue weighted by atomic mass is 9.95. The molecule has 0 spiro atoms. The molecule has 0 bridgehead atoms. The number of nitrogens with one attached hydrogen (secondary N) is 3. The minimum atomic E-state index is -0.761. The molecular formula is C28H32N4O7. The largest absolute Gasteiger partial charge is 0.496 e. The summed E-state index contributed by atoms with van der Waals surface area (Å²) in [5.41, 5.74) is 5.39. The van der Waals surface area contributed by atoms with E-state index in [4.69, 9.17) is 18.9 Å². The molecule has 3 N–H and O–H groups in total. The Kier molecular flexibility index (Phi) is 10.1. The molecule has 11 heteroatoms. The molecule has 206 valence electrons. The summed E-state index contributed by atoms with van der Waals surface area (Å²) in [5.74, 6) is 0.325. The van der Waals surface area contributed by atoms with Crippen LogP contribution in [0.3, 0.4) is 0 Å². The lowest BCUT2D eigenvalue weighted by molar-refractivity contribution is -0.139. The van der Waals surface area contributed by atoms with Gasteiger partial charge in [0.25, 0.3) is 5.91 Å². The van der Waals surface area contributed by atoms with Crippen molar-refractivity contribution in [3.05, 3.63) is 77.0 Å². The number of carbonyl (C=O) groups excluding carboxylic acids is 3. The Morgan fingerprint density at radius 3 is 2.54 bits per heavy atom. The third-order valence-corrected chi connectivity index (χ3v) is 5.72. The summed E-state index contributed by atoms with van der Waals surface area (Å²) < 4.78 is 21.6. The van der Waals surface area contributed by atoms with E-state index >= 15 is 0 Å². The Morgan fingerprint density at radius 1 is 1.10 bits per heavy atom. The van der Waals surface area contributed by atoms with E-state index in [1.54, 1.807) is 45.2 Å². The SMILES string of the molecule is C=CCc1cc(/C=N\NC(=O)COc2ccc([C@@H]3NC(=O)NC(C)=C3C(=O)OCC)cc2OC)ccc1OC. The number of carbonyl (C=O) groups is 3. The van der Waals surface area contributed by atoms with E-state index in [-0.39, 0.29) is 18.8 Å². The van der Waals surface area contributed by atoms with Gasteiger partial charge in [0, 0.05) is 5.70 Å². The minimum absolute atomic E-state index is 0.189. The van der Waals surface area contributed by atoms with Gasteiger partial charge in [-0.1, -0.05) is 12.1 Å². The maximum Gasteiger partial charge on any atom is 0.338 e. The Bertz CT molecular complexity index is 1300. The van der Waals surface area contributed by atoms with Gasteiger partial charge in [0.15, 0.2) is 18.1 Å². The van der Waals surface area contributed by atoms with Gasteiger partial charge >= 0.3 is 12.0 Å². The number of methoxy groups -OCH3 is 2. The zero-order valence-corrected chi connectivity index (χ0v) is 22.3. The van der Waals surface area contributed by atoms with Crippen molar-refractivity contribution in [1.82, 2.24) is 16.1 Å². The quantitative estimate of drug-likeness (QED) is 0.164. The summed E-state index contributed by atoms with van der Waals surface area (Å²) in [6.45, 7) is 6.94. The molecule has 0 saturated carbocycles. The van der Waals surface area contributed by atoms with Gasteiger partial charge in [-0.05, 0) is 67.3 Å². The van der Waals surface area contributed by atoms with Crippen LogP contribution in [-0.2, 0) is 20.7 Å². The first-order chi connectivity index (χ1) is 18.8. The third-order valence-electron chi connectivity index (χ3n) is 5.72. The smallest absolute Gasteiger partial charge is 0.338 e. The zero-order valence-electron chi connectivity index (χ0n) is 22.3. The molecule has 1 heterocycles. The molecule has 2 aromatic rings. The van der Waals surface area contributed by atoms with Gasteiger partial charge in [-0.2, -0.15) is 5.10 Å². The Hall–Kier alpha value is -4.80. The summed E-state index contributed by atoms with van der Waals surface area (Å²) >= 11 is 0. The van der Waals surface area contributed by atoms with Crippen molar-refractivity contribution < 1.29 is 33.3 Å². The number of hydrogen-bond acceptors (Lipinski definition) is 8. The minimum Gasteiger partial charge on any atom is -0.496 e. The number of urea groups is 1. The van der Waals surface area contributed by atoms with Crippen LogP contribution in [0.4, 0.5) is 4.79 Å². The average molecular weight is 537 g/mol. The fraction of sp³-hybridized carbons (Fsp3) is 0.286. The summed E-state index contributed by atoms with van der Waals surface area (Å²) in [6.07, 6.45) is 3.93. The Labute approximate surface area is 226 Å². The predicted octanol–water partition coefficient (Wildman–Crippen LogP) is 3.15. The number of amides is 3. The van der Waals surface area contributed by atoms with Crippen molar-refractivity contribution in [3.63, 3.8) is 0 Å². The molecule has 0 radical (unpaired) electrons. The normalized spacial score (nSPS) is 14.8. The van der Waals surface area contributed by atoms with Crippen LogP contribution in [-0.4, -0.2) is 51.6 Å². The van der Waals surface area contributed by atoms with E-state index in [2.05, 4.69) is 27.7 Å². The number of benzene rings is 2. The first kappa shape index (κ1) is 28.8. The van der Waals surface area contributed by atoms with Crippen LogP contribution in [0.5, 0.6) is 17.2 Å². The highest BCUT2D eigenvalue weighted by Crippen LogP contribution is 2.34. The number of nitrogens with zero attached hydrogens (tertiary/aromatic N) is 1. The van der Waals surface area contributed by atoms with Crippen molar-refractivity contribution in [2.45, 2.75) is 26.3 Å². The van der Waals surface area contributed by atoms with Gasteiger partial charge in [-0.15, -0.1) is 6.58 Å². The number of esters is 1. The van der Waals surface area contributed by atoms with Gasteiger partial charge in [-0.3, -0.25) is 4.79 Å². The van der Waals surface area contributed by atoms with Crippen LogP contribution in [0.15, 0.2) is 65.4 Å². The molecule has 1 aliphatic heterocycles. The number of rotatable bonds is 12. The first-order valence-electron chi connectivity index (χ1n) is 12.2. The lowest BCUT2D eigenvalue weighted by Crippen LogP contribution is -2.45. The molecule has 0 saturated heterocycles. The van der Waals surface area contributed by atoms with Crippen molar-refractivity contribution in [3.8, 4) is 17.2 Å². The highest BCUT2D eigenvalue weighted by molar-refractivity contribution is 5.95. The highest BCUT2D eigenvalue weighted by Gasteiger charge is 2.32. The predicted molar refractivity (Wildman–Crippen MR) is 145 cm³/mol. The van der Waals surface area contributed by atoms with Gasteiger partial charge in [-0.25, -0.2) is 15.0 Å². The molecule has 3 amide bonds. The van der Waals surface area contributed by atoms with Gasteiger partial charge in [0.2, 0.25) is 0 Å². The second kappa shape index (κ2) is 13.7. The molecule has 0 fully saturated rings. The highest BCUT2D eigenvalue weighted by atomic mass is 16.5. The molecular weight excluding hydrogens is 504 g/mol. The van der Waals surface area contributed by atoms with Crippen LogP contribution in [0.25, 0.3) is 0 Å². The van der Waals surface area contributed by atoms with E-state index in [0.717, 1.165) is 16.9 Å². The van der Waals surface area contributed by atoms with Crippen molar-refractivity contribution in [2.75, 3.05) is 27.4 Å². The standard InChI is InChI=1S/C28H32N4O7/c1-6-8-19-13-18(9-11-21(19)36-4)15-29-32-24(33)16-39-22-12-10-20(14-23(22)37-5)26-25(27(34)38-7-2)17(3)30-28(35)31-26/h6,9-15,26H,1,7-8,16H2,2-5H3,(H,32,33)(H2,30,31,35)/b29-15-/t26-/m0/s1. The molecule has 2 aromatic carbocycles. The molecule has 1 atom stereocenters. The van der Waals surface area contributed by atoms with Crippen LogP contribution in [0.2, 0.25) is 0 Å². The molecule has 0 unspecified atom stereocenters. The van der Waals surface area contributed by atoms with Crippen molar-refractivity contribution >= 4 is 24.1 Å². The van der Waals surface area contributed by atoms with Crippen molar-refractivity contribution in [2.24, 2.45) is 5.10 Å². The van der Waals surface area contributed by atoms with E-state index in [1.165, 1.54) is 13.3 Å². The molecule has 1 aliphatic rings. The van der Waals surface area contributed by atoms with Crippen molar-refractivity contribution in [1.29, 1.82) is 0 Å². The second-order valence-electron chi connectivity index (χ2n) is 8.35. The number of hydrogen-bond donors (Lipinski definition) is 3. The van der Waals surface area contributed by atoms with E-state index in [9.17, 15) is 14.4 Å². The summed E-state index contributed by atoms with van der Waals surface area (Å²) in [5, 5.41) is 9.30. The number of ether oxygens (including phenoxy) is 4. The first-order valence-corrected chi connectivity index (χ1v) is 12.2. The van der Waals surface area contributed by atoms with Crippen LogP contribution in [0, 0.1) is 0 Å². The van der Waals surface area contributed by atoms with Gasteiger partial charge in [0.05, 0.1) is 38.7 Å². The summed E-state index contributed by atoms with van der Waals surface area (Å²) in [7, 11) is 3.04. The van der Waals surface area contributed by atoms with Crippen LogP contribution >= 0.6 is 0 Å². The molecule has 11 nitrogen and oxygen atoms in total. The summed E-state index contributed by atoms with van der Waals surface area (Å²) in [4.78, 5) is 37.0. The monoisotopic (exact) mass is 536 g/mol. The van der Waals surface area contributed by atoms with Crippen LogP contribution in [0.1, 0.15) is 36.6 Å². The maximum atomic E-state index is 12.6. The molecule has 3 rings (SSSR count). The molecule has 39 heavy (non-hydrogen) atoms. The molecule has 0 aliphatic carbocycles. The maximum absolute atomic E-state index is 12.6. The van der Waals surface area contributed by atoms with Gasteiger partial charge < -0.3 is 29.6 Å². The third kappa shape index (κ3) is 7.37. The second-order valence-corrected chi connectivity index (χ2v) is 8.35. The topological polar surface area (TPSA) is 137 Å². The van der Waals surface area contributed by atoms with E-state index in [0.29, 0.717) is 29.2 Å². The number of hydrazone groups is 1. The summed E-state index contributed by atoms with van der Waals surface area (Å²) in [6, 6.07) is 9.21. The van der Waals surface area contributed by atoms with Crippen LogP contribution < -0.4 is 30.3 Å². The number of allylic oxidation sites excluding steroid dienone is 2. The van der Waals surface area contributed by atoms with E-state index in [1.807, 2.05) is 18.2 Å². The zero-order chi connectivity index (χ0) is 28.4. The average Bonchev–Trinajstić information content (AvgIpc) is 2.91. The Morgan fingerprint density at radius 2 is 1.85 bits per heavy atom. The van der Waals surface area contributed by atoms with E-state index < -0.39 is 23.9 Å².